The number of piperidine rings is 1. The lowest BCUT2D eigenvalue weighted by Crippen LogP contribution is -2.40. The van der Waals surface area contributed by atoms with E-state index >= 15 is 0 Å². The highest BCUT2D eigenvalue weighted by atomic mass is 16.6. The Kier molecular flexibility index (Phi) is 6.75. The van der Waals surface area contributed by atoms with Gasteiger partial charge in [-0.3, -0.25) is 19.8 Å². The minimum absolute atomic E-state index is 0.00840. The number of nitro groups is 1. The van der Waals surface area contributed by atoms with E-state index < -0.39 is 0 Å². The number of carbonyl (C=O) groups is 1. The van der Waals surface area contributed by atoms with E-state index in [-0.39, 0.29) is 22.6 Å². The Bertz CT molecular complexity index is 618. The summed E-state index contributed by atoms with van der Waals surface area (Å²) in [5, 5.41) is 14.0. The number of nitro benzene ring substituents is 1. The largest absolute Gasteiger partial charge is 0.491 e. The maximum absolute atomic E-state index is 11.1. The van der Waals surface area contributed by atoms with E-state index in [9.17, 15) is 14.9 Å². The van der Waals surface area contributed by atoms with Crippen molar-refractivity contribution in [3.63, 3.8) is 0 Å². The Hall–Kier alpha value is -2.15. The van der Waals surface area contributed by atoms with Crippen LogP contribution in [0.15, 0.2) is 18.2 Å². The van der Waals surface area contributed by atoms with Crippen LogP contribution in [0.25, 0.3) is 0 Å². The van der Waals surface area contributed by atoms with Crippen molar-refractivity contribution in [1.29, 1.82) is 0 Å². The topological polar surface area (TPSA) is 84.7 Å². The average molecular weight is 349 g/mol. The van der Waals surface area contributed by atoms with Gasteiger partial charge < -0.3 is 10.1 Å². The van der Waals surface area contributed by atoms with Gasteiger partial charge in [-0.05, 0) is 45.2 Å². The van der Waals surface area contributed by atoms with Crippen LogP contribution in [-0.4, -0.2) is 41.5 Å². The molecular formula is C18H27N3O4. The minimum atomic E-state index is -0.377. The van der Waals surface area contributed by atoms with Gasteiger partial charge in [0.15, 0.2) is 0 Å². The molecule has 1 atom stereocenters. The Morgan fingerprint density at radius 3 is 2.88 bits per heavy atom. The molecule has 7 nitrogen and oxygen atoms in total. The molecule has 25 heavy (non-hydrogen) atoms. The van der Waals surface area contributed by atoms with Gasteiger partial charge in [-0.1, -0.05) is 0 Å². The normalized spacial score (nSPS) is 18.2. The van der Waals surface area contributed by atoms with Crippen LogP contribution in [0, 0.1) is 16.0 Å². The molecule has 0 radical (unpaired) electrons. The molecule has 0 aromatic heterocycles. The molecule has 1 heterocycles. The zero-order valence-electron chi connectivity index (χ0n) is 15.2. The van der Waals surface area contributed by atoms with Crippen LogP contribution in [0.1, 0.15) is 39.2 Å². The maximum atomic E-state index is 11.1. The highest BCUT2D eigenvalue weighted by Gasteiger charge is 2.22. The zero-order chi connectivity index (χ0) is 18.4. The fourth-order valence-electron chi connectivity index (χ4n) is 3.16. The molecule has 1 aliphatic rings. The van der Waals surface area contributed by atoms with Crippen LogP contribution in [0.4, 0.5) is 5.69 Å². The lowest BCUT2D eigenvalue weighted by molar-refractivity contribution is -0.385. The molecule has 0 aliphatic carbocycles. The Labute approximate surface area is 148 Å². The number of likely N-dealkylation sites (tertiary alicyclic amines) is 1. The number of carbonyl (C=O) groups excluding carboxylic acids is 1. The van der Waals surface area contributed by atoms with Gasteiger partial charge in [0.25, 0.3) is 5.69 Å². The maximum Gasteiger partial charge on any atom is 0.270 e. The van der Waals surface area contributed by atoms with Gasteiger partial charge in [0.2, 0.25) is 5.91 Å². The molecule has 1 aromatic rings. The Morgan fingerprint density at radius 2 is 2.24 bits per heavy atom. The lowest BCUT2D eigenvalue weighted by Gasteiger charge is -2.33. The first-order valence-electron chi connectivity index (χ1n) is 8.76. The van der Waals surface area contributed by atoms with E-state index in [2.05, 4.69) is 10.2 Å². The first-order valence-corrected chi connectivity index (χ1v) is 8.76. The van der Waals surface area contributed by atoms with Crippen molar-refractivity contribution < 1.29 is 14.5 Å². The summed E-state index contributed by atoms with van der Waals surface area (Å²) >= 11 is 0. The highest BCUT2D eigenvalue weighted by molar-refractivity contribution is 5.72. The van der Waals surface area contributed by atoms with Crippen molar-refractivity contribution in [3.8, 4) is 5.75 Å². The quantitative estimate of drug-likeness (QED) is 0.604. The van der Waals surface area contributed by atoms with Crippen molar-refractivity contribution in [2.75, 3.05) is 19.6 Å². The third kappa shape index (κ3) is 6.01. The third-order valence-corrected chi connectivity index (χ3v) is 4.25. The minimum Gasteiger partial charge on any atom is -0.491 e. The molecule has 1 amide bonds. The van der Waals surface area contributed by atoms with Gasteiger partial charge in [0.05, 0.1) is 11.0 Å². The second kappa shape index (κ2) is 8.80. The van der Waals surface area contributed by atoms with Crippen molar-refractivity contribution in [3.05, 3.63) is 33.9 Å². The molecule has 0 saturated carbocycles. The third-order valence-electron chi connectivity index (χ3n) is 4.25. The number of nitrogens with zero attached hydrogens (tertiary/aromatic N) is 2. The molecule has 0 bridgehead atoms. The molecule has 1 N–H and O–H groups in total. The number of non-ortho nitro benzene ring substituents is 1. The molecule has 7 heteroatoms. The fraction of sp³-hybridized carbons (Fsp3) is 0.611. The van der Waals surface area contributed by atoms with Gasteiger partial charge in [-0.2, -0.15) is 0 Å². The molecule has 1 fully saturated rings. The summed E-state index contributed by atoms with van der Waals surface area (Å²) in [5.74, 6) is 1.10. The van der Waals surface area contributed by atoms with E-state index in [4.69, 9.17) is 4.74 Å². The van der Waals surface area contributed by atoms with E-state index in [0.29, 0.717) is 24.8 Å². The number of amides is 1. The zero-order valence-corrected chi connectivity index (χ0v) is 15.2. The van der Waals surface area contributed by atoms with Crippen LogP contribution < -0.4 is 10.1 Å². The fourth-order valence-corrected chi connectivity index (χ4v) is 3.16. The first kappa shape index (κ1) is 19.2. The molecule has 1 aliphatic heterocycles. The SMILES string of the molecule is CC(=O)NC[C@H]1CCCN(Cc2cc([N+](=O)[O-])ccc2OC(C)C)C1. The number of nitrogens with one attached hydrogen (secondary N) is 1. The number of ether oxygens (including phenoxy) is 1. The van der Waals surface area contributed by atoms with Crippen LogP contribution in [-0.2, 0) is 11.3 Å². The summed E-state index contributed by atoms with van der Waals surface area (Å²) in [5.41, 5.74) is 0.918. The first-order chi connectivity index (χ1) is 11.8. The predicted octanol–water partition coefficient (Wildman–Crippen LogP) is 2.73. The molecule has 0 spiro atoms. The molecule has 0 unspecified atom stereocenters. The van der Waals surface area contributed by atoms with Crippen LogP contribution in [0.2, 0.25) is 0 Å². The molecule has 138 valence electrons. The van der Waals surface area contributed by atoms with Gasteiger partial charge in [-0.25, -0.2) is 0 Å². The molecule has 1 saturated heterocycles. The van der Waals surface area contributed by atoms with E-state index in [1.807, 2.05) is 13.8 Å². The van der Waals surface area contributed by atoms with Crippen LogP contribution >= 0.6 is 0 Å². The molecule has 1 aromatic carbocycles. The van der Waals surface area contributed by atoms with E-state index in [1.165, 1.54) is 13.0 Å². The standard InChI is InChI=1S/C18H27N3O4/c1-13(2)25-18-7-6-17(21(23)24)9-16(18)12-20-8-4-5-15(11-20)10-19-14(3)22/h6-7,9,13,15H,4-5,8,10-12H2,1-3H3,(H,19,22)/t15-/m1/s1. The van der Waals surface area contributed by atoms with E-state index in [1.54, 1.807) is 12.1 Å². The monoisotopic (exact) mass is 349 g/mol. The smallest absolute Gasteiger partial charge is 0.270 e. The summed E-state index contributed by atoms with van der Waals surface area (Å²) in [6.07, 6.45) is 2.15. The number of hydrogen-bond acceptors (Lipinski definition) is 5. The van der Waals surface area contributed by atoms with Gasteiger partial charge in [0, 0.05) is 44.3 Å². The average Bonchev–Trinajstić information content (AvgIpc) is 2.54. The Balaban J connectivity index is 2.09. The second-order valence-corrected chi connectivity index (χ2v) is 6.90. The highest BCUT2D eigenvalue weighted by Crippen LogP contribution is 2.28. The van der Waals surface area contributed by atoms with Gasteiger partial charge >= 0.3 is 0 Å². The lowest BCUT2D eigenvalue weighted by atomic mass is 9.97. The van der Waals surface area contributed by atoms with Crippen molar-refractivity contribution >= 4 is 11.6 Å². The molecule has 2 rings (SSSR count). The number of benzene rings is 1. The Morgan fingerprint density at radius 1 is 1.48 bits per heavy atom. The predicted molar refractivity (Wildman–Crippen MR) is 95.5 cm³/mol. The number of rotatable bonds is 7. The van der Waals surface area contributed by atoms with Crippen LogP contribution in [0.5, 0.6) is 5.75 Å². The second-order valence-electron chi connectivity index (χ2n) is 6.90. The van der Waals surface area contributed by atoms with Crippen molar-refractivity contribution in [2.45, 2.75) is 46.3 Å². The summed E-state index contributed by atoms with van der Waals surface area (Å²) in [7, 11) is 0. The number of hydrogen-bond donors (Lipinski definition) is 1. The molecular weight excluding hydrogens is 322 g/mol. The van der Waals surface area contributed by atoms with Gasteiger partial charge in [-0.15, -0.1) is 0 Å². The summed E-state index contributed by atoms with van der Waals surface area (Å²) in [6.45, 7) is 8.51. The van der Waals surface area contributed by atoms with Crippen LogP contribution in [0.3, 0.4) is 0 Å². The van der Waals surface area contributed by atoms with E-state index in [0.717, 1.165) is 31.5 Å². The summed E-state index contributed by atoms with van der Waals surface area (Å²) in [6, 6.07) is 4.78. The summed E-state index contributed by atoms with van der Waals surface area (Å²) < 4.78 is 5.82. The summed E-state index contributed by atoms with van der Waals surface area (Å²) in [4.78, 5) is 24.1. The van der Waals surface area contributed by atoms with Crippen molar-refractivity contribution in [2.24, 2.45) is 5.92 Å². The van der Waals surface area contributed by atoms with Crippen molar-refractivity contribution in [1.82, 2.24) is 10.2 Å². The van der Waals surface area contributed by atoms with Gasteiger partial charge in [0.1, 0.15) is 5.75 Å².